The van der Waals surface area contributed by atoms with Crippen molar-refractivity contribution in [3.05, 3.63) is 23.1 Å². The van der Waals surface area contributed by atoms with E-state index in [1.165, 1.54) is 0 Å². The lowest BCUT2D eigenvalue weighted by Crippen LogP contribution is -2.16. The molecule has 1 saturated carbocycles. The van der Waals surface area contributed by atoms with E-state index in [1.807, 2.05) is 13.0 Å². The lowest BCUT2D eigenvalue weighted by atomic mass is 10.3. The molecular formula is C12H13Cl2N3. The van der Waals surface area contributed by atoms with Gasteiger partial charge in [0.1, 0.15) is 11.3 Å². The van der Waals surface area contributed by atoms with E-state index in [2.05, 4.69) is 21.5 Å². The molecule has 0 amide bonds. The van der Waals surface area contributed by atoms with Gasteiger partial charge in [0.25, 0.3) is 0 Å². The van der Waals surface area contributed by atoms with Crippen LogP contribution in [-0.2, 0) is 5.54 Å². The van der Waals surface area contributed by atoms with Crippen molar-refractivity contribution in [1.29, 1.82) is 0 Å². The van der Waals surface area contributed by atoms with Gasteiger partial charge >= 0.3 is 0 Å². The summed E-state index contributed by atoms with van der Waals surface area (Å²) in [6, 6.07) is 1.84. The van der Waals surface area contributed by atoms with Crippen LogP contribution in [0.25, 0.3) is 11.2 Å². The summed E-state index contributed by atoms with van der Waals surface area (Å²) < 4.78 is 2.18. The average molecular weight is 270 g/mol. The van der Waals surface area contributed by atoms with Crippen molar-refractivity contribution in [2.24, 2.45) is 0 Å². The minimum Gasteiger partial charge on any atom is -0.306 e. The minimum atomic E-state index is -0.125. The number of rotatable bonds is 2. The molecule has 0 radical (unpaired) electrons. The van der Waals surface area contributed by atoms with Gasteiger partial charge in [0, 0.05) is 11.7 Å². The zero-order valence-electron chi connectivity index (χ0n) is 9.74. The third-order valence-electron chi connectivity index (χ3n) is 3.36. The van der Waals surface area contributed by atoms with Crippen molar-refractivity contribution in [3.63, 3.8) is 0 Å². The molecule has 90 valence electrons. The van der Waals surface area contributed by atoms with Crippen LogP contribution in [0, 0.1) is 0 Å². The van der Waals surface area contributed by atoms with Gasteiger partial charge in [0.05, 0.1) is 10.4 Å². The smallest absolute Gasteiger partial charge is 0.160 e. The zero-order chi connectivity index (χ0) is 12.2. The van der Waals surface area contributed by atoms with E-state index in [4.69, 9.17) is 23.2 Å². The molecule has 0 saturated heterocycles. The average Bonchev–Trinajstić information content (AvgIpc) is 2.88. The van der Waals surface area contributed by atoms with Gasteiger partial charge in [-0.15, -0.1) is 11.6 Å². The Morgan fingerprint density at radius 1 is 1.47 bits per heavy atom. The first-order chi connectivity index (χ1) is 8.01. The molecule has 0 aromatic carbocycles. The first-order valence-electron chi connectivity index (χ1n) is 5.70. The first-order valence-corrected chi connectivity index (χ1v) is 6.51. The number of halogens is 2. The third kappa shape index (κ3) is 1.72. The predicted molar refractivity (Wildman–Crippen MR) is 69.7 cm³/mol. The normalized spacial score (nSPS) is 19.5. The summed E-state index contributed by atoms with van der Waals surface area (Å²) in [5, 5.41) is 0.484. The number of hydrogen-bond donors (Lipinski definition) is 0. The molecule has 2 aromatic rings. The lowest BCUT2D eigenvalue weighted by molar-refractivity contribution is 0.519. The molecule has 1 aliphatic carbocycles. The van der Waals surface area contributed by atoms with Crippen molar-refractivity contribution in [2.45, 2.75) is 37.6 Å². The van der Waals surface area contributed by atoms with Gasteiger partial charge in [0.2, 0.25) is 0 Å². The van der Waals surface area contributed by atoms with Crippen LogP contribution in [0.3, 0.4) is 0 Å². The monoisotopic (exact) mass is 269 g/mol. The Balaban J connectivity index is 2.32. The van der Waals surface area contributed by atoms with Crippen LogP contribution in [0.15, 0.2) is 12.3 Å². The highest BCUT2D eigenvalue weighted by molar-refractivity contribution is 6.31. The number of fused-ring (bicyclic) bond motifs is 1. The van der Waals surface area contributed by atoms with Crippen molar-refractivity contribution in [1.82, 2.24) is 14.5 Å². The van der Waals surface area contributed by atoms with Crippen LogP contribution in [0.4, 0.5) is 0 Å². The second-order valence-corrected chi connectivity index (χ2v) is 6.01. The molecule has 3 rings (SSSR count). The summed E-state index contributed by atoms with van der Waals surface area (Å²) in [5.41, 5.74) is 1.85. The summed E-state index contributed by atoms with van der Waals surface area (Å²) in [6.45, 7) is 4.15. The molecule has 2 aromatic heterocycles. The van der Waals surface area contributed by atoms with Crippen molar-refractivity contribution in [3.8, 4) is 0 Å². The van der Waals surface area contributed by atoms with Crippen LogP contribution < -0.4 is 0 Å². The second kappa shape index (κ2) is 3.59. The summed E-state index contributed by atoms with van der Waals surface area (Å²) in [4.78, 5) is 8.96. The highest BCUT2D eigenvalue weighted by Gasteiger charge is 2.42. The Morgan fingerprint density at radius 3 is 2.76 bits per heavy atom. The largest absolute Gasteiger partial charge is 0.306 e. The van der Waals surface area contributed by atoms with Gasteiger partial charge in [-0.1, -0.05) is 11.6 Å². The number of nitrogens with zero attached hydrogens (tertiary/aromatic N) is 3. The summed E-state index contributed by atoms with van der Waals surface area (Å²) in [6.07, 6.45) is 3.97. The van der Waals surface area contributed by atoms with Gasteiger partial charge in [-0.3, -0.25) is 0 Å². The maximum absolute atomic E-state index is 6.21. The second-order valence-electron chi connectivity index (χ2n) is 4.91. The van der Waals surface area contributed by atoms with Crippen LogP contribution in [0.5, 0.6) is 0 Å². The molecule has 1 aliphatic rings. The Labute approximate surface area is 110 Å². The Kier molecular flexibility index (Phi) is 2.39. The van der Waals surface area contributed by atoms with E-state index in [-0.39, 0.29) is 10.9 Å². The zero-order valence-corrected chi connectivity index (χ0v) is 11.3. The molecule has 0 spiro atoms. The Hall–Kier alpha value is -0.800. The van der Waals surface area contributed by atoms with Gasteiger partial charge in [-0.2, -0.15) is 0 Å². The van der Waals surface area contributed by atoms with Crippen LogP contribution in [-0.4, -0.2) is 14.5 Å². The highest BCUT2D eigenvalue weighted by atomic mass is 35.5. The van der Waals surface area contributed by atoms with Crippen LogP contribution >= 0.6 is 23.2 Å². The fraction of sp³-hybridized carbons (Fsp3) is 0.500. The van der Waals surface area contributed by atoms with Gasteiger partial charge < -0.3 is 4.57 Å². The fourth-order valence-corrected chi connectivity index (χ4v) is 2.46. The molecule has 1 unspecified atom stereocenters. The summed E-state index contributed by atoms with van der Waals surface area (Å²) in [5.74, 6) is 0.886. The third-order valence-corrected chi connectivity index (χ3v) is 3.76. The quantitative estimate of drug-likeness (QED) is 0.775. The number of aromatic nitrogens is 3. The van der Waals surface area contributed by atoms with Gasteiger partial charge in [0.15, 0.2) is 5.65 Å². The first kappa shape index (κ1) is 11.3. The Bertz CT molecular complexity index is 585. The molecule has 5 heteroatoms. The van der Waals surface area contributed by atoms with Crippen LogP contribution in [0.1, 0.15) is 37.9 Å². The number of hydrogen-bond acceptors (Lipinski definition) is 2. The SMILES string of the molecule is CC(Cl)c1nc2cc(Cl)cnc2n1C1(C)CC1. The molecule has 2 heterocycles. The van der Waals surface area contributed by atoms with E-state index in [9.17, 15) is 0 Å². The topological polar surface area (TPSA) is 30.7 Å². The van der Waals surface area contributed by atoms with E-state index >= 15 is 0 Å². The molecule has 0 aliphatic heterocycles. The summed E-state index contributed by atoms with van der Waals surface area (Å²) >= 11 is 12.2. The molecule has 17 heavy (non-hydrogen) atoms. The molecule has 0 N–H and O–H groups in total. The van der Waals surface area contributed by atoms with E-state index in [1.54, 1.807) is 6.20 Å². The summed E-state index contributed by atoms with van der Waals surface area (Å²) in [7, 11) is 0. The fourth-order valence-electron chi connectivity index (χ4n) is 2.16. The molecular weight excluding hydrogens is 257 g/mol. The minimum absolute atomic E-state index is 0.125. The molecule has 1 fully saturated rings. The van der Waals surface area contributed by atoms with E-state index in [0.29, 0.717) is 5.02 Å². The maximum Gasteiger partial charge on any atom is 0.160 e. The standard InChI is InChI=1S/C12H13Cl2N3/c1-7(13)10-16-9-5-8(14)6-15-11(9)17(10)12(2)3-4-12/h5-7H,3-4H2,1-2H3. The van der Waals surface area contributed by atoms with Crippen molar-refractivity contribution < 1.29 is 0 Å². The van der Waals surface area contributed by atoms with Gasteiger partial charge in [-0.05, 0) is 32.8 Å². The predicted octanol–water partition coefficient (Wildman–Crippen LogP) is 3.89. The Morgan fingerprint density at radius 2 is 2.18 bits per heavy atom. The lowest BCUT2D eigenvalue weighted by Gasteiger charge is -2.16. The van der Waals surface area contributed by atoms with Crippen LogP contribution in [0.2, 0.25) is 5.02 Å². The molecule has 0 bridgehead atoms. The maximum atomic E-state index is 6.21. The van der Waals surface area contributed by atoms with E-state index in [0.717, 1.165) is 29.8 Å². The number of imidazole rings is 1. The number of alkyl halides is 1. The van der Waals surface area contributed by atoms with Crippen molar-refractivity contribution >= 4 is 34.4 Å². The van der Waals surface area contributed by atoms with Gasteiger partial charge in [-0.25, -0.2) is 9.97 Å². The highest BCUT2D eigenvalue weighted by Crippen LogP contribution is 2.46. The molecule has 3 nitrogen and oxygen atoms in total. The van der Waals surface area contributed by atoms with E-state index < -0.39 is 0 Å². The molecule has 1 atom stereocenters. The number of pyridine rings is 1. The van der Waals surface area contributed by atoms with Crippen molar-refractivity contribution in [2.75, 3.05) is 0 Å².